The van der Waals surface area contributed by atoms with E-state index in [0.29, 0.717) is 23.7 Å². The molecule has 1 aliphatic rings. The predicted molar refractivity (Wildman–Crippen MR) is 56.3 cm³/mol. The van der Waals surface area contributed by atoms with Crippen LogP contribution in [0.3, 0.4) is 0 Å². The van der Waals surface area contributed by atoms with Gasteiger partial charge in [0.25, 0.3) is 0 Å². The highest BCUT2D eigenvalue weighted by Gasteiger charge is 2.25. The Balaban J connectivity index is 2.02. The van der Waals surface area contributed by atoms with Gasteiger partial charge in [0.2, 0.25) is 5.89 Å². The van der Waals surface area contributed by atoms with Gasteiger partial charge in [0.1, 0.15) is 0 Å². The van der Waals surface area contributed by atoms with Gasteiger partial charge in [-0.1, -0.05) is 5.10 Å². The lowest BCUT2D eigenvalue weighted by atomic mass is 10.4. The van der Waals surface area contributed by atoms with Crippen molar-refractivity contribution >= 4 is 17.8 Å². The number of thioether (sulfide) groups is 1. The van der Waals surface area contributed by atoms with Crippen LogP contribution in [-0.4, -0.2) is 34.8 Å². The third kappa shape index (κ3) is 1.85. The molecule has 1 aromatic heterocycles. The predicted octanol–water partition coefficient (Wildman–Crippen LogP) is 0.470. The van der Waals surface area contributed by atoms with Crippen molar-refractivity contribution in [3.63, 3.8) is 0 Å². The van der Waals surface area contributed by atoms with E-state index in [1.54, 1.807) is 0 Å². The maximum atomic E-state index is 5.40. The van der Waals surface area contributed by atoms with Crippen molar-refractivity contribution in [2.24, 2.45) is 5.73 Å². The minimum absolute atomic E-state index is 0.312. The van der Waals surface area contributed by atoms with Gasteiger partial charge < -0.3 is 15.1 Å². The summed E-state index contributed by atoms with van der Waals surface area (Å²) in [5.41, 5.74) is 5.40. The lowest BCUT2D eigenvalue weighted by Gasteiger charge is -2.11. The monoisotopic (exact) mass is 214 g/mol. The van der Waals surface area contributed by atoms with Crippen LogP contribution in [0.2, 0.25) is 0 Å². The largest absolute Gasteiger partial charge is 0.407 e. The lowest BCUT2D eigenvalue weighted by Crippen LogP contribution is -2.20. The molecule has 0 amide bonds. The maximum Gasteiger partial charge on any atom is 0.318 e. The first-order valence-corrected chi connectivity index (χ1v) is 5.92. The van der Waals surface area contributed by atoms with Crippen molar-refractivity contribution in [3.05, 3.63) is 5.89 Å². The average Bonchev–Trinajstić information content (AvgIpc) is 2.86. The summed E-state index contributed by atoms with van der Waals surface area (Å²) in [6, 6.07) is 0.613. The molecule has 78 valence electrons. The van der Waals surface area contributed by atoms with Crippen molar-refractivity contribution in [1.29, 1.82) is 0 Å². The van der Waals surface area contributed by atoms with Crippen LogP contribution in [0.1, 0.15) is 12.3 Å². The number of hydrogen-bond donors (Lipinski definition) is 1. The highest BCUT2D eigenvalue weighted by Crippen LogP contribution is 2.24. The van der Waals surface area contributed by atoms with Crippen LogP contribution < -0.4 is 10.6 Å². The van der Waals surface area contributed by atoms with Gasteiger partial charge in [-0.3, -0.25) is 0 Å². The zero-order valence-corrected chi connectivity index (χ0v) is 8.96. The van der Waals surface area contributed by atoms with Crippen LogP contribution in [0, 0.1) is 0 Å². The van der Waals surface area contributed by atoms with Gasteiger partial charge in [0, 0.05) is 18.3 Å². The number of nitrogens with zero attached hydrogens (tertiary/aromatic N) is 3. The minimum Gasteiger partial charge on any atom is -0.407 e. The summed E-state index contributed by atoms with van der Waals surface area (Å²) in [4.78, 5) is 2.12. The molecule has 0 spiro atoms. The van der Waals surface area contributed by atoms with E-state index in [-0.39, 0.29) is 0 Å². The van der Waals surface area contributed by atoms with E-state index in [2.05, 4.69) is 21.4 Å². The van der Waals surface area contributed by atoms with Crippen LogP contribution in [0.15, 0.2) is 4.42 Å². The molecule has 1 aromatic rings. The van der Waals surface area contributed by atoms with Crippen LogP contribution >= 0.6 is 11.8 Å². The number of anilines is 1. The van der Waals surface area contributed by atoms with Crippen LogP contribution in [-0.2, 0) is 6.54 Å². The quantitative estimate of drug-likeness (QED) is 0.789. The van der Waals surface area contributed by atoms with Crippen molar-refractivity contribution < 1.29 is 4.42 Å². The Morgan fingerprint density at radius 2 is 2.50 bits per heavy atom. The number of rotatable bonds is 3. The average molecular weight is 214 g/mol. The van der Waals surface area contributed by atoms with Crippen molar-refractivity contribution in [1.82, 2.24) is 10.2 Å². The summed E-state index contributed by atoms with van der Waals surface area (Å²) in [6.45, 7) is 2.30. The molecule has 2 rings (SSSR count). The van der Waals surface area contributed by atoms with E-state index in [4.69, 9.17) is 10.2 Å². The van der Waals surface area contributed by atoms with E-state index in [0.717, 1.165) is 13.1 Å². The summed E-state index contributed by atoms with van der Waals surface area (Å²) in [5, 5.41) is 8.48. The second kappa shape index (κ2) is 4.18. The second-order valence-corrected chi connectivity index (χ2v) is 4.41. The SMILES string of the molecule is CSC1CCN(c2nnc(CN)o2)C1. The summed E-state index contributed by atoms with van der Waals surface area (Å²) in [5.74, 6) is 0.507. The molecule has 1 fully saturated rings. The fourth-order valence-corrected chi connectivity index (χ4v) is 2.22. The Morgan fingerprint density at radius 3 is 3.07 bits per heavy atom. The van der Waals surface area contributed by atoms with Gasteiger partial charge in [-0.05, 0) is 12.7 Å². The van der Waals surface area contributed by atoms with Gasteiger partial charge >= 0.3 is 6.01 Å². The van der Waals surface area contributed by atoms with Crippen LogP contribution in [0.4, 0.5) is 6.01 Å². The first kappa shape index (κ1) is 9.79. The van der Waals surface area contributed by atoms with Gasteiger partial charge in [0.15, 0.2) is 0 Å². The third-order valence-corrected chi connectivity index (χ3v) is 3.43. The smallest absolute Gasteiger partial charge is 0.318 e. The summed E-state index contributed by atoms with van der Waals surface area (Å²) in [6.07, 6.45) is 3.31. The third-order valence-electron chi connectivity index (χ3n) is 2.38. The maximum absolute atomic E-state index is 5.40. The van der Waals surface area contributed by atoms with Crippen LogP contribution in [0.5, 0.6) is 0 Å². The summed E-state index contributed by atoms with van der Waals surface area (Å²) in [7, 11) is 0. The van der Waals surface area contributed by atoms with E-state index in [1.165, 1.54) is 6.42 Å². The molecule has 2 heterocycles. The molecule has 1 saturated heterocycles. The Kier molecular flexibility index (Phi) is 2.93. The van der Waals surface area contributed by atoms with Gasteiger partial charge in [0.05, 0.1) is 6.54 Å². The van der Waals surface area contributed by atoms with Crippen molar-refractivity contribution in [2.45, 2.75) is 18.2 Å². The molecule has 0 aliphatic carbocycles. The zero-order chi connectivity index (χ0) is 9.97. The summed E-state index contributed by atoms with van der Waals surface area (Å²) < 4.78 is 5.38. The Bertz CT molecular complexity index is 303. The van der Waals surface area contributed by atoms with Gasteiger partial charge in [-0.15, -0.1) is 5.10 Å². The number of nitrogens with two attached hydrogens (primary N) is 1. The van der Waals surface area contributed by atoms with E-state index in [1.807, 2.05) is 11.8 Å². The fraction of sp³-hybridized carbons (Fsp3) is 0.750. The molecule has 6 heteroatoms. The molecule has 0 aromatic carbocycles. The van der Waals surface area contributed by atoms with Crippen molar-refractivity contribution in [2.75, 3.05) is 24.2 Å². The van der Waals surface area contributed by atoms with Gasteiger partial charge in [-0.25, -0.2) is 0 Å². The van der Waals surface area contributed by atoms with Gasteiger partial charge in [-0.2, -0.15) is 11.8 Å². The normalized spacial score (nSPS) is 21.9. The van der Waals surface area contributed by atoms with Crippen LogP contribution in [0.25, 0.3) is 0 Å². The first-order chi connectivity index (χ1) is 6.83. The first-order valence-electron chi connectivity index (χ1n) is 4.63. The van der Waals surface area contributed by atoms with E-state index in [9.17, 15) is 0 Å². The molecule has 1 unspecified atom stereocenters. The fourth-order valence-electron chi connectivity index (χ4n) is 1.55. The van der Waals surface area contributed by atoms with E-state index >= 15 is 0 Å². The number of hydrogen-bond acceptors (Lipinski definition) is 6. The molecule has 5 nitrogen and oxygen atoms in total. The molecular formula is C8H14N4OS. The Hall–Kier alpha value is -0.750. The zero-order valence-electron chi connectivity index (χ0n) is 8.14. The second-order valence-electron chi connectivity index (χ2n) is 3.27. The Labute approximate surface area is 87.0 Å². The minimum atomic E-state index is 0.312. The summed E-state index contributed by atoms with van der Waals surface area (Å²) >= 11 is 1.89. The molecule has 14 heavy (non-hydrogen) atoms. The number of aromatic nitrogens is 2. The lowest BCUT2D eigenvalue weighted by molar-refractivity contribution is 0.492. The molecule has 1 aliphatic heterocycles. The topological polar surface area (TPSA) is 68.2 Å². The highest BCUT2D eigenvalue weighted by atomic mass is 32.2. The molecule has 0 saturated carbocycles. The molecule has 0 radical (unpaired) electrons. The molecule has 0 bridgehead atoms. The Morgan fingerprint density at radius 1 is 1.64 bits per heavy atom. The molecule has 1 atom stereocenters. The van der Waals surface area contributed by atoms with E-state index < -0.39 is 0 Å². The standard InChI is InChI=1S/C8H14N4OS/c1-14-6-2-3-12(5-6)8-11-10-7(4-9)13-8/h6H,2-5,9H2,1H3. The highest BCUT2D eigenvalue weighted by molar-refractivity contribution is 7.99. The molecular weight excluding hydrogens is 200 g/mol. The molecule has 2 N–H and O–H groups in total. The van der Waals surface area contributed by atoms with Crippen molar-refractivity contribution in [3.8, 4) is 0 Å².